The van der Waals surface area contributed by atoms with Crippen molar-refractivity contribution in [3.8, 4) is 11.1 Å². The standard InChI is InChI=1S/C48H29NO2/c1-3-13-35-30(10-1)12-9-17-37(35)39-25-26-43(47-40-16-6-8-19-45(40)51-48(39)47)49(34-24-27-46-42(29-34)38-15-5-7-18-44(38)50-46)33-23-22-32-21-20-31-11-2-4-14-36(31)41(32)28-33/h1-29H. The number of hydrogen-bond donors (Lipinski definition) is 0. The van der Waals surface area contributed by atoms with Gasteiger partial charge in [0.15, 0.2) is 0 Å². The third kappa shape index (κ3) is 4.25. The molecule has 0 unspecified atom stereocenters. The molecule has 0 aliphatic carbocycles. The van der Waals surface area contributed by atoms with Crippen molar-refractivity contribution in [2.24, 2.45) is 0 Å². The van der Waals surface area contributed by atoms with Crippen molar-refractivity contribution in [3.63, 3.8) is 0 Å². The Morgan fingerprint density at radius 3 is 1.73 bits per heavy atom. The van der Waals surface area contributed by atoms with E-state index in [9.17, 15) is 0 Å². The van der Waals surface area contributed by atoms with Gasteiger partial charge in [-0.25, -0.2) is 0 Å². The Balaban J connectivity index is 1.24. The molecule has 0 spiro atoms. The SMILES string of the molecule is c1ccc2c(-c3ccc(N(c4ccc5ccc6ccccc6c5c4)c4ccc5oc6ccccc6c5c4)c4c3oc3ccccc34)cccc2c1. The van der Waals surface area contributed by atoms with Crippen molar-refractivity contribution in [2.45, 2.75) is 0 Å². The zero-order valence-electron chi connectivity index (χ0n) is 27.5. The Bertz CT molecular complexity index is 3160. The molecule has 238 valence electrons. The van der Waals surface area contributed by atoms with Crippen LogP contribution in [0, 0.1) is 0 Å². The summed E-state index contributed by atoms with van der Waals surface area (Å²) >= 11 is 0. The van der Waals surface area contributed by atoms with Crippen LogP contribution in [0.15, 0.2) is 185 Å². The average molecular weight is 652 g/mol. The number of fused-ring (bicyclic) bond motifs is 10. The maximum Gasteiger partial charge on any atom is 0.145 e. The molecule has 0 aliphatic heterocycles. The third-order valence-corrected chi connectivity index (χ3v) is 10.4. The highest BCUT2D eigenvalue weighted by Crippen LogP contribution is 2.48. The van der Waals surface area contributed by atoms with Gasteiger partial charge in [0, 0.05) is 33.1 Å². The van der Waals surface area contributed by atoms with E-state index in [1.807, 2.05) is 18.2 Å². The Kier molecular flexibility index (Phi) is 5.96. The van der Waals surface area contributed by atoms with E-state index < -0.39 is 0 Å². The Morgan fingerprint density at radius 2 is 0.902 bits per heavy atom. The quantitative estimate of drug-likeness (QED) is 0.177. The highest BCUT2D eigenvalue weighted by Gasteiger charge is 2.24. The van der Waals surface area contributed by atoms with E-state index in [0.29, 0.717) is 0 Å². The second kappa shape index (κ2) is 10.8. The maximum atomic E-state index is 6.85. The number of anilines is 3. The van der Waals surface area contributed by atoms with E-state index in [1.54, 1.807) is 0 Å². The summed E-state index contributed by atoms with van der Waals surface area (Å²) in [7, 11) is 0. The first-order valence-electron chi connectivity index (χ1n) is 17.3. The molecule has 2 heterocycles. The van der Waals surface area contributed by atoms with Gasteiger partial charge in [0.1, 0.15) is 22.3 Å². The Labute approximate surface area is 293 Å². The van der Waals surface area contributed by atoms with Gasteiger partial charge in [-0.2, -0.15) is 0 Å². The van der Waals surface area contributed by atoms with Crippen LogP contribution < -0.4 is 4.90 Å². The van der Waals surface area contributed by atoms with Gasteiger partial charge in [-0.1, -0.05) is 121 Å². The molecule has 0 N–H and O–H groups in total. The van der Waals surface area contributed by atoms with Gasteiger partial charge in [-0.15, -0.1) is 0 Å². The first kappa shape index (κ1) is 28.0. The second-order valence-electron chi connectivity index (χ2n) is 13.3. The molecule has 0 radical (unpaired) electrons. The van der Waals surface area contributed by atoms with Gasteiger partial charge >= 0.3 is 0 Å². The highest BCUT2D eigenvalue weighted by molar-refractivity contribution is 6.19. The monoisotopic (exact) mass is 651 g/mol. The van der Waals surface area contributed by atoms with E-state index in [-0.39, 0.29) is 0 Å². The molecular weight excluding hydrogens is 623 g/mol. The summed E-state index contributed by atoms with van der Waals surface area (Å²) in [6.07, 6.45) is 0. The van der Waals surface area contributed by atoms with Crippen LogP contribution in [0.25, 0.3) is 87.3 Å². The normalized spacial score (nSPS) is 11.9. The molecule has 51 heavy (non-hydrogen) atoms. The van der Waals surface area contributed by atoms with Gasteiger partial charge in [-0.05, 0) is 92.5 Å². The summed E-state index contributed by atoms with van der Waals surface area (Å²) in [5.41, 5.74) is 8.87. The molecule has 3 nitrogen and oxygen atoms in total. The summed E-state index contributed by atoms with van der Waals surface area (Å²) in [5.74, 6) is 0. The first-order chi connectivity index (χ1) is 25.3. The second-order valence-corrected chi connectivity index (χ2v) is 13.3. The van der Waals surface area contributed by atoms with Crippen LogP contribution in [-0.2, 0) is 0 Å². The minimum absolute atomic E-state index is 0.863. The zero-order chi connectivity index (χ0) is 33.5. The maximum absolute atomic E-state index is 6.85. The van der Waals surface area contributed by atoms with Crippen molar-refractivity contribution in [1.82, 2.24) is 0 Å². The minimum Gasteiger partial charge on any atom is -0.456 e. The van der Waals surface area contributed by atoms with Gasteiger partial charge in [-0.3, -0.25) is 0 Å². The van der Waals surface area contributed by atoms with Crippen LogP contribution in [0.5, 0.6) is 0 Å². The summed E-state index contributed by atoms with van der Waals surface area (Å²) in [4.78, 5) is 2.39. The average Bonchev–Trinajstić information content (AvgIpc) is 3.77. The van der Waals surface area contributed by atoms with Crippen LogP contribution in [0.3, 0.4) is 0 Å². The molecule has 0 saturated heterocycles. The predicted octanol–water partition coefficient (Wildman–Crippen LogP) is 14.1. The lowest BCUT2D eigenvalue weighted by molar-refractivity contribution is 0.669. The number of hydrogen-bond acceptors (Lipinski definition) is 3. The van der Waals surface area contributed by atoms with E-state index in [4.69, 9.17) is 8.83 Å². The van der Waals surface area contributed by atoms with Crippen molar-refractivity contribution in [2.75, 3.05) is 4.90 Å². The summed E-state index contributed by atoms with van der Waals surface area (Å²) < 4.78 is 13.1. The Morgan fingerprint density at radius 1 is 0.333 bits per heavy atom. The van der Waals surface area contributed by atoms with E-state index in [2.05, 4.69) is 163 Å². The lowest BCUT2D eigenvalue weighted by atomic mass is 9.95. The van der Waals surface area contributed by atoms with Crippen molar-refractivity contribution in [3.05, 3.63) is 176 Å². The Hall–Kier alpha value is -6.84. The van der Waals surface area contributed by atoms with Gasteiger partial charge in [0.05, 0.1) is 11.1 Å². The van der Waals surface area contributed by atoms with E-state index in [0.717, 1.165) is 72.1 Å². The summed E-state index contributed by atoms with van der Waals surface area (Å²) in [5, 5.41) is 11.6. The van der Waals surface area contributed by atoms with Gasteiger partial charge in [0.2, 0.25) is 0 Å². The smallest absolute Gasteiger partial charge is 0.145 e. The zero-order valence-corrected chi connectivity index (χ0v) is 27.5. The molecular formula is C48H29NO2. The van der Waals surface area contributed by atoms with Crippen LogP contribution in [0.1, 0.15) is 0 Å². The van der Waals surface area contributed by atoms with Crippen LogP contribution in [0.4, 0.5) is 17.1 Å². The van der Waals surface area contributed by atoms with Crippen LogP contribution in [-0.4, -0.2) is 0 Å². The molecule has 3 heteroatoms. The molecule has 0 aliphatic rings. The molecule has 9 aromatic carbocycles. The molecule has 2 aromatic heterocycles. The minimum atomic E-state index is 0.863. The van der Waals surface area contributed by atoms with Crippen LogP contribution in [0.2, 0.25) is 0 Å². The number of nitrogens with zero attached hydrogens (tertiary/aromatic N) is 1. The fourth-order valence-electron chi connectivity index (χ4n) is 8.08. The molecule has 0 bridgehead atoms. The predicted molar refractivity (Wildman–Crippen MR) is 214 cm³/mol. The molecule has 0 atom stereocenters. The lowest BCUT2D eigenvalue weighted by Gasteiger charge is -2.27. The molecule has 11 rings (SSSR count). The molecule has 11 aromatic rings. The highest BCUT2D eigenvalue weighted by atomic mass is 16.3. The number of benzene rings is 9. The van der Waals surface area contributed by atoms with Crippen molar-refractivity contribution < 1.29 is 8.83 Å². The van der Waals surface area contributed by atoms with E-state index >= 15 is 0 Å². The summed E-state index contributed by atoms with van der Waals surface area (Å²) in [6.45, 7) is 0. The van der Waals surface area contributed by atoms with Crippen molar-refractivity contribution >= 4 is 93.3 Å². The van der Waals surface area contributed by atoms with Crippen LogP contribution >= 0.6 is 0 Å². The fraction of sp³-hybridized carbons (Fsp3) is 0. The summed E-state index contributed by atoms with van der Waals surface area (Å²) in [6, 6.07) is 62.7. The van der Waals surface area contributed by atoms with Gasteiger partial charge in [0.25, 0.3) is 0 Å². The van der Waals surface area contributed by atoms with Gasteiger partial charge < -0.3 is 13.7 Å². The number of para-hydroxylation sites is 2. The first-order valence-corrected chi connectivity index (χ1v) is 17.3. The topological polar surface area (TPSA) is 29.5 Å². The van der Waals surface area contributed by atoms with Crippen molar-refractivity contribution in [1.29, 1.82) is 0 Å². The largest absolute Gasteiger partial charge is 0.456 e. The molecule has 0 fully saturated rings. The number of furan rings is 2. The number of rotatable bonds is 4. The fourth-order valence-corrected chi connectivity index (χ4v) is 8.08. The lowest BCUT2D eigenvalue weighted by Crippen LogP contribution is -2.10. The molecule has 0 saturated carbocycles. The molecule has 0 amide bonds. The van der Waals surface area contributed by atoms with E-state index in [1.165, 1.54) is 32.3 Å². The third-order valence-electron chi connectivity index (χ3n) is 10.4.